The van der Waals surface area contributed by atoms with Crippen LogP contribution in [0.2, 0.25) is 5.02 Å². The lowest BCUT2D eigenvalue weighted by atomic mass is 10.1. The largest absolute Gasteiger partial charge is 0.423 e. The molecule has 3 aromatic rings. The minimum atomic E-state index is -0.228. The van der Waals surface area contributed by atoms with Crippen LogP contribution in [0.25, 0.3) is 11.1 Å². The molecule has 1 amide bonds. The zero-order chi connectivity index (χ0) is 17.9. The topological polar surface area (TPSA) is 58.4 Å². The summed E-state index contributed by atoms with van der Waals surface area (Å²) in [4.78, 5) is 19.1. The molecule has 1 aliphatic heterocycles. The van der Waals surface area contributed by atoms with E-state index in [2.05, 4.69) is 10.3 Å². The van der Waals surface area contributed by atoms with Gasteiger partial charge in [0.25, 0.3) is 6.01 Å². The molecule has 2 aromatic carbocycles. The fourth-order valence-electron chi connectivity index (χ4n) is 3.35. The third-order valence-electron chi connectivity index (χ3n) is 4.71. The third-order valence-corrected chi connectivity index (χ3v) is 4.96. The van der Waals surface area contributed by atoms with Gasteiger partial charge >= 0.3 is 0 Å². The fraction of sp³-hybridized carbons (Fsp3) is 0.300. The van der Waals surface area contributed by atoms with E-state index in [1.165, 1.54) is 0 Å². The second kappa shape index (κ2) is 7.38. The highest BCUT2D eigenvalue weighted by Crippen LogP contribution is 2.28. The molecule has 134 valence electrons. The number of benzene rings is 2. The van der Waals surface area contributed by atoms with E-state index in [4.69, 9.17) is 16.0 Å². The molecule has 4 rings (SSSR count). The second-order valence-electron chi connectivity index (χ2n) is 6.48. The number of carbonyl (C=O) groups excluding carboxylic acids is 1. The molecule has 0 bridgehead atoms. The molecule has 0 spiro atoms. The Morgan fingerprint density at radius 1 is 1.23 bits per heavy atom. The molecular weight excluding hydrogens is 350 g/mol. The highest BCUT2D eigenvalue weighted by Gasteiger charge is 2.33. The number of fused-ring (bicyclic) bond motifs is 1. The summed E-state index contributed by atoms with van der Waals surface area (Å²) in [6, 6.07) is 15.7. The molecule has 1 saturated heterocycles. The normalized spacial score (nSPS) is 17.0. The van der Waals surface area contributed by atoms with Crippen molar-refractivity contribution >= 4 is 34.6 Å². The molecule has 1 fully saturated rings. The Bertz CT molecular complexity index is 874. The summed E-state index contributed by atoms with van der Waals surface area (Å²) in [6.07, 6.45) is 2.54. The monoisotopic (exact) mass is 369 g/mol. The van der Waals surface area contributed by atoms with Crippen LogP contribution in [0.5, 0.6) is 0 Å². The molecule has 0 unspecified atom stereocenters. The molecule has 0 aliphatic carbocycles. The summed E-state index contributed by atoms with van der Waals surface area (Å²) >= 11 is 5.90. The van der Waals surface area contributed by atoms with Crippen molar-refractivity contribution in [3.63, 3.8) is 0 Å². The maximum Gasteiger partial charge on any atom is 0.299 e. The Morgan fingerprint density at radius 2 is 2.04 bits per heavy atom. The number of aromatic nitrogens is 1. The van der Waals surface area contributed by atoms with Crippen molar-refractivity contribution in [2.24, 2.45) is 0 Å². The molecule has 5 nitrogen and oxygen atoms in total. The van der Waals surface area contributed by atoms with Crippen LogP contribution in [0.1, 0.15) is 18.4 Å². The first kappa shape index (κ1) is 16.9. The number of anilines is 1. The molecule has 0 radical (unpaired) electrons. The average Bonchev–Trinajstić information content (AvgIpc) is 3.29. The van der Waals surface area contributed by atoms with Crippen LogP contribution in [0.15, 0.2) is 52.9 Å². The maximum absolute atomic E-state index is 12.6. The number of halogens is 1. The molecule has 6 heteroatoms. The molecular formula is C20H20ClN3O2. The van der Waals surface area contributed by atoms with E-state index in [0.29, 0.717) is 12.6 Å². The number of nitrogens with zero attached hydrogens (tertiary/aromatic N) is 2. The highest BCUT2D eigenvalue weighted by molar-refractivity contribution is 6.30. The first-order chi connectivity index (χ1) is 12.7. The molecule has 26 heavy (non-hydrogen) atoms. The van der Waals surface area contributed by atoms with Crippen LogP contribution >= 0.6 is 11.6 Å². The predicted octanol–water partition coefficient (Wildman–Crippen LogP) is 3.81. The number of oxazole rings is 1. The molecule has 0 saturated carbocycles. The van der Waals surface area contributed by atoms with E-state index in [-0.39, 0.29) is 11.9 Å². The number of carbonyl (C=O) groups is 1. The summed E-state index contributed by atoms with van der Waals surface area (Å²) in [5, 5.41) is 3.76. The van der Waals surface area contributed by atoms with Gasteiger partial charge in [-0.25, -0.2) is 0 Å². The van der Waals surface area contributed by atoms with Gasteiger partial charge in [-0.1, -0.05) is 35.9 Å². The quantitative estimate of drug-likeness (QED) is 0.743. The minimum absolute atomic E-state index is 0.0266. The van der Waals surface area contributed by atoms with Gasteiger partial charge in [0.15, 0.2) is 5.58 Å². The van der Waals surface area contributed by atoms with E-state index in [9.17, 15) is 4.79 Å². The second-order valence-corrected chi connectivity index (χ2v) is 6.92. The number of rotatable bonds is 5. The van der Waals surface area contributed by atoms with E-state index in [1.54, 1.807) is 0 Å². The SMILES string of the molecule is O=C(NCCc1ccc(Cl)cc1)[C@@H]1CCCN1c1nc2ccccc2o1. The van der Waals surface area contributed by atoms with Crippen molar-refractivity contribution < 1.29 is 9.21 Å². The van der Waals surface area contributed by atoms with Gasteiger partial charge in [0.05, 0.1) is 0 Å². The van der Waals surface area contributed by atoms with Crippen molar-refractivity contribution in [1.82, 2.24) is 10.3 Å². The molecule has 1 N–H and O–H groups in total. The zero-order valence-corrected chi connectivity index (χ0v) is 15.1. The highest BCUT2D eigenvalue weighted by atomic mass is 35.5. The molecule has 1 aliphatic rings. The van der Waals surface area contributed by atoms with Gasteiger partial charge in [0.2, 0.25) is 5.91 Å². The number of amides is 1. The van der Waals surface area contributed by atoms with Gasteiger partial charge in [0, 0.05) is 18.1 Å². The standard InChI is InChI=1S/C20H20ClN3O2/c21-15-9-7-14(8-10-15)11-12-22-19(25)17-5-3-13-24(17)20-23-16-4-1-2-6-18(16)26-20/h1-2,4,6-10,17H,3,5,11-13H2,(H,22,25)/t17-/m0/s1. The minimum Gasteiger partial charge on any atom is -0.423 e. The van der Waals surface area contributed by atoms with E-state index in [1.807, 2.05) is 53.4 Å². The summed E-state index contributed by atoms with van der Waals surface area (Å²) in [5.74, 6) is 0.0266. The van der Waals surface area contributed by atoms with Crippen molar-refractivity contribution in [2.75, 3.05) is 18.0 Å². The van der Waals surface area contributed by atoms with Crippen LogP contribution in [-0.4, -0.2) is 30.0 Å². The van der Waals surface area contributed by atoms with E-state index < -0.39 is 0 Å². The Labute approximate surface area is 157 Å². The van der Waals surface area contributed by atoms with Gasteiger partial charge in [0.1, 0.15) is 11.6 Å². The predicted molar refractivity (Wildman–Crippen MR) is 103 cm³/mol. The zero-order valence-electron chi connectivity index (χ0n) is 14.3. The lowest BCUT2D eigenvalue weighted by molar-refractivity contribution is -0.122. The van der Waals surface area contributed by atoms with Crippen LogP contribution in [0, 0.1) is 0 Å². The molecule has 1 aromatic heterocycles. The smallest absolute Gasteiger partial charge is 0.299 e. The lowest BCUT2D eigenvalue weighted by Crippen LogP contribution is -2.44. The summed E-state index contributed by atoms with van der Waals surface area (Å²) in [5.41, 5.74) is 2.71. The van der Waals surface area contributed by atoms with Crippen molar-refractivity contribution in [2.45, 2.75) is 25.3 Å². The first-order valence-electron chi connectivity index (χ1n) is 8.85. The van der Waals surface area contributed by atoms with Gasteiger partial charge in [-0.3, -0.25) is 4.79 Å². The maximum atomic E-state index is 12.6. The molecule has 1 atom stereocenters. The average molecular weight is 370 g/mol. The van der Waals surface area contributed by atoms with E-state index >= 15 is 0 Å². The van der Waals surface area contributed by atoms with Crippen molar-refractivity contribution in [1.29, 1.82) is 0 Å². The van der Waals surface area contributed by atoms with Crippen LogP contribution in [-0.2, 0) is 11.2 Å². The molecule has 2 heterocycles. The Kier molecular flexibility index (Phi) is 4.80. The number of hydrogen-bond donors (Lipinski definition) is 1. The van der Waals surface area contributed by atoms with Gasteiger partial charge in [-0.15, -0.1) is 0 Å². The van der Waals surface area contributed by atoms with Gasteiger partial charge in [-0.2, -0.15) is 4.98 Å². The Morgan fingerprint density at radius 3 is 2.85 bits per heavy atom. The first-order valence-corrected chi connectivity index (χ1v) is 9.23. The van der Waals surface area contributed by atoms with Crippen LogP contribution in [0.4, 0.5) is 6.01 Å². The van der Waals surface area contributed by atoms with E-state index in [0.717, 1.165) is 47.5 Å². The van der Waals surface area contributed by atoms with Gasteiger partial charge in [-0.05, 0) is 49.1 Å². The third kappa shape index (κ3) is 3.53. The number of para-hydroxylation sites is 2. The Hall–Kier alpha value is -2.53. The fourth-order valence-corrected chi connectivity index (χ4v) is 3.48. The lowest BCUT2D eigenvalue weighted by Gasteiger charge is -2.22. The van der Waals surface area contributed by atoms with Crippen LogP contribution in [0.3, 0.4) is 0 Å². The van der Waals surface area contributed by atoms with Gasteiger partial charge < -0.3 is 14.6 Å². The summed E-state index contributed by atoms with van der Waals surface area (Å²) in [6.45, 7) is 1.38. The summed E-state index contributed by atoms with van der Waals surface area (Å²) in [7, 11) is 0. The number of hydrogen-bond acceptors (Lipinski definition) is 4. The number of nitrogens with one attached hydrogen (secondary N) is 1. The summed E-state index contributed by atoms with van der Waals surface area (Å²) < 4.78 is 5.84. The van der Waals surface area contributed by atoms with Crippen LogP contribution < -0.4 is 10.2 Å². The van der Waals surface area contributed by atoms with Crippen molar-refractivity contribution in [3.05, 3.63) is 59.1 Å². The van der Waals surface area contributed by atoms with Crippen molar-refractivity contribution in [3.8, 4) is 0 Å². The Balaban J connectivity index is 1.39.